The van der Waals surface area contributed by atoms with Crippen LogP contribution in [0.4, 0.5) is 25.1 Å². The minimum absolute atomic E-state index is 0.150. The van der Waals surface area contributed by atoms with Crippen LogP contribution in [0.5, 0.6) is 0 Å². The number of rotatable bonds is 4. The summed E-state index contributed by atoms with van der Waals surface area (Å²) in [5.41, 5.74) is 0.460. The Kier molecular flexibility index (Phi) is 4.42. The molecule has 0 radical (unpaired) electrons. The molecule has 1 fully saturated rings. The number of fused-ring (bicyclic) bond motifs is 2. The van der Waals surface area contributed by atoms with Crippen LogP contribution in [0.15, 0.2) is 30.5 Å². The Bertz CT molecular complexity index is 1160. The fourth-order valence-electron chi connectivity index (χ4n) is 3.34. The molecule has 0 aliphatic carbocycles. The van der Waals surface area contributed by atoms with E-state index >= 15 is 0 Å². The average molecular weight is 418 g/mol. The van der Waals surface area contributed by atoms with Gasteiger partial charge in [0, 0.05) is 13.1 Å². The van der Waals surface area contributed by atoms with Crippen molar-refractivity contribution < 1.29 is 17.9 Å². The van der Waals surface area contributed by atoms with Gasteiger partial charge in [0.15, 0.2) is 5.65 Å². The number of nitrogens with one attached hydrogen (secondary N) is 2. The van der Waals surface area contributed by atoms with Gasteiger partial charge in [0.25, 0.3) is 0 Å². The summed E-state index contributed by atoms with van der Waals surface area (Å²) in [7, 11) is 0. The zero-order valence-corrected chi connectivity index (χ0v) is 15.6. The van der Waals surface area contributed by atoms with Crippen molar-refractivity contribution >= 4 is 28.6 Å². The number of H-pyrrole nitrogens is 1. The third kappa shape index (κ3) is 3.38. The van der Waals surface area contributed by atoms with Gasteiger partial charge in [0.05, 0.1) is 37.0 Å². The fourth-order valence-corrected chi connectivity index (χ4v) is 3.34. The zero-order chi connectivity index (χ0) is 20.7. The molecular formula is C18H17F3N8O. The normalized spacial score (nSPS) is 15.2. The van der Waals surface area contributed by atoms with Crippen LogP contribution in [0.3, 0.4) is 0 Å². The first kappa shape index (κ1) is 18.6. The number of anilines is 2. The average Bonchev–Trinajstić information content (AvgIpc) is 3.36. The minimum atomic E-state index is -4.58. The number of aromatic amines is 1. The van der Waals surface area contributed by atoms with Crippen LogP contribution in [0.1, 0.15) is 11.4 Å². The quantitative estimate of drug-likeness (QED) is 0.526. The Morgan fingerprint density at radius 2 is 1.90 bits per heavy atom. The van der Waals surface area contributed by atoms with Gasteiger partial charge >= 0.3 is 6.18 Å². The number of ether oxygens (including phenoxy) is 1. The van der Waals surface area contributed by atoms with Crippen LogP contribution in [0.2, 0.25) is 0 Å². The van der Waals surface area contributed by atoms with Crippen molar-refractivity contribution in [2.75, 3.05) is 36.5 Å². The lowest BCUT2D eigenvalue weighted by Gasteiger charge is -2.27. The van der Waals surface area contributed by atoms with E-state index in [9.17, 15) is 13.2 Å². The molecule has 30 heavy (non-hydrogen) atoms. The third-order valence-electron chi connectivity index (χ3n) is 4.81. The molecule has 0 unspecified atom stereocenters. The highest BCUT2D eigenvalue weighted by molar-refractivity contribution is 5.74. The van der Waals surface area contributed by atoms with E-state index < -0.39 is 11.7 Å². The first-order valence-corrected chi connectivity index (χ1v) is 9.32. The van der Waals surface area contributed by atoms with Crippen molar-refractivity contribution in [1.82, 2.24) is 29.5 Å². The number of benzene rings is 1. The zero-order valence-electron chi connectivity index (χ0n) is 15.6. The van der Waals surface area contributed by atoms with Gasteiger partial charge in [-0.3, -0.25) is 0 Å². The Hall–Kier alpha value is -3.41. The molecule has 4 aromatic rings. The number of para-hydroxylation sites is 2. The van der Waals surface area contributed by atoms with E-state index in [0.29, 0.717) is 32.1 Å². The van der Waals surface area contributed by atoms with Crippen molar-refractivity contribution in [3.8, 4) is 0 Å². The first-order chi connectivity index (χ1) is 14.5. The number of halogens is 3. The van der Waals surface area contributed by atoms with Crippen molar-refractivity contribution in [2.24, 2.45) is 0 Å². The Labute approximate surface area is 167 Å². The summed E-state index contributed by atoms with van der Waals surface area (Å²) >= 11 is 0. The SMILES string of the molecule is FC(F)(F)c1cnn2c(NCc3nc4ccccc4[nH]3)nc(N3CCOCC3)nc12. The molecule has 5 rings (SSSR count). The molecule has 3 aromatic heterocycles. The van der Waals surface area contributed by atoms with Crippen molar-refractivity contribution in [3.63, 3.8) is 0 Å². The molecule has 1 aliphatic heterocycles. The van der Waals surface area contributed by atoms with E-state index in [-0.39, 0.29) is 24.1 Å². The fraction of sp³-hybridized carbons (Fsp3) is 0.333. The van der Waals surface area contributed by atoms with Crippen LogP contribution in [0.25, 0.3) is 16.7 Å². The highest BCUT2D eigenvalue weighted by Gasteiger charge is 2.36. The summed E-state index contributed by atoms with van der Waals surface area (Å²) in [6.45, 7) is 2.14. The molecule has 1 saturated heterocycles. The number of imidazole rings is 1. The molecular weight excluding hydrogens is 401 g/mol. The van der Waals surface area contributed by atoms with Gasteiger partial charge in [-0.15, -0.1) is 0 Å². The van der Waals surface area contributed by atoms with E-state index in [1.165, 1.54) is 0 Å². The van der Waals surface area contributed by atoms with Crippen LogP contribution in [0, 0.1) is 0 Å². The Balaban J connectivity index is 1.52. The summed E-state index contributed by atoms with van der Waals surface area (Å²) in [6.07, 6.45) is -3.81. The molecule has 0 bridgehead atoms. The lowest BCUT2D eigenvalue weighted by Crippen LogP contribution is -2.37. The number of alkyl halides is 3. The maximum atomic E-state index is 13.4. The maximum absolute atomic E-state index is 13.4. The summed E-state index contributed by atoms with van der Waals surface area (Å²) < 4.78 is 46.7. The summed E-state index contributed by atoms with van der Waals surface area (Å²) in [5.74, 6) is 0.973. The van der Waals surface area contributed by atoms with E-state index in [2.05, 4.69) is 30.4 Å². The molecule has 1 aliphatic rings. The predicted octanol–water partition coefficient (Wildman–Crippen LogP) is 2.47. The molecule has 0 spiro atoms. The van der Waals surface area contributed by atoms with E-state index in [1.807, 2.05) is 24.3 Å². The second kappa shape index (κ2) is 7.13. The van der Waals surface area contributed by atoms with E-state index in [0.717, 1.165) is 21.7 Å². The van der Waals surface area contributed by atoms with Gasteiger partial charge in [0.2, 0.25) is 11.9 Å². The van der Waals surface area contributed by atoms with Crippen molar-refractivity contribution in [1.29, 1.82) is 0 Å². The number of hydrogen-bond donors (Lipinski definition) is 2. The molecule has 2 N–H and O–H groups in total. The van der Waals surface area contributed by atoms with Gasteiger partial charge in [-0.2, -0.15) is 32.8 Å². The van der Waals surface area contributed by atoms with Crippen LogP contribution in [-0.2, 0) is 17.5 Å². The smallest absolute Gasteiger partial charge is 0.378 e. The van der Waals surface area contributed by atoms with Gasteiger partial charge in [-0.25, -0.2) is 4.98 Å². The third-order valence-corrected chi connectivity index (χ3v) is 4.81. The second-order valence-electron chi connectivity index (χ2n) is 6.79. The minimum Gasteiger partial charge on any atom is -0.378 e. The molecule has 9 nitrogen and oxygen atoms in total. The van der Waals surface area contributed by atoms with Crippen molar-refractivity contribution in [3.05, 3.63) is 41.9 Å². The highest BCUT2D eigenvalue weighted by Crippen LogP contribution is 2.33. The molecule has 1 aromatic carbocycles. The molecule has 156 valence electrons. The summed E-state index contributed by atoms with van der Waals surface area (Å²) in [6, 6.07) is 7.54. The first-order valence-electron chi connectivity index (χ1n) is 9.32. The Morgan fingerprint density at radius 1 is 1.10 bits per heavy atom. The lowest BCUT2D eigenvalue weighted by molar-refractivity contribution is -0.136. The summed E-state index contributed by atoms with van der Waals surface area (Å²) in [4.78, 5) is 18.0. The monoisotopic (exact) mass is 418 g/mol. The van der Waals surface area contributed by atoms with Gasteiger partial charge in [-0.05, 0) is 12.1 Å². The number of aromatic nitrogens is 6. The number of morpholine rings is 1. The lowest BCUT2D eigenvalue weighted by atomic mass is 10.3. The molecule has 12 heteroatoms. The highest BCUT2D eigenvalue weighted by atomic mass is 19.4. The summed E-state index contributed by atoms with van der Waals surface area (Å²) in [5, 5.41) is 6.90. The van der Waals surface area contributed by atoms with Crippen LogP contribution >= 0.6 is 0 Å². The van der Waals surface area contributed by atoms with Gasteiger partial charge in [0.1, 0.15) is 11.4 Å². The van der Waals surface area contributed by atoms with Crippen molar-refractivity contribution in [2.45, 2.75) is 12.7 Å². The molecule has 4 heterocycles. The largest absolute Gasteiger partial charge is 0.421 e. The van der Waals surface area contributed by atoms with Crippen LogP contribution in [-0.4, -0.2) is 55.9 Å². The molecule has 0 atom stereocenters. The van der Waals surface area contributed by atoms with Gasteiger partial charge < -0.3 is 19.9 Å². The molecule has 0 saturated carbocycles. The maximum Gasteiger partial charge on any atom is 0.421 e. The number of hydrogen-bond acceptors (Lipinski definition) is 7. The van der Waals surface area contributed by atoms with Crippen LogP contribution < -0.4 is 10.2 Å². The second-order valence-corrected chi connectivity index (χ2v) is 6.79. The number of nitrogens with zero attached hydrogens (tertiary/aromatic N) is 6. The molecule has 0 amide bonds. The Morgan fingerprint density at radius 3 is 2.67 bits per heavy atom. The van der Waals surface area contributed by atoms with E-state index in [4.69, 9.17) is 4.74 Å². The standard InChI is InChI=1S/C18H17F3N8O/c19-18(20,21)11-9-23-29-15(11)26-17(28-5-7-30-8-6-28)27-16(29)22-10-14-24-12-3-1-2-4-13(12)25-14/h1-4,9H,5-8,10H2,(H,24,25)(H,22,26,27). The topological polar surface area (TPSA) is 96.3 Å². The van der Waals surface area contributed by atoms with Gasteiger partial charge in [-0.1, -0.05) is 12.1 Å². The predicted molar refractivity (Wildman–Crippen MR) is 102 cm³/mol. The van der Waals surface area contributed by atoms with E-state index in [1.54, 1.807) is 4.90 Å².